The van der Waals surface area contributed by atoms with E-state index in [1.165, 1.54) is 9.80 Å². The molecule has 0 aromatic heterocycles. The number of carbonyl (C=O) groups excluding carboxylic acids is 1. The number of amides is 1. The van der Waals surface area contributed by atoms with Crippen molar-refractivity contribution in [3.05, 3.63) is 0 Å². The molecule has 0 atom stereocenters. The fourth-order valence-electron chi connectivity index (χ4n) is 1.02. The Morgan fingerprint density at radius 2 is 1.69 bits per heavy atom. The van der Waals surface area contributed by atoms with Crippen molar-refractivity contribution in [1.29, 1.82) is 15.8 Å². The first-order chi connectivity index (χ1) is 7.65. The summed E-state index contributed by atoms with van der Waals surface area (Å²) in [4.78, 5) is 14.4. The molecular formula is C10H13N5O. The van der Waals surface area contributed by atoms with Gasteiger partial charge in [0, 0.05) is 13.6 Å². The van der Waals surface area contributed by atoms with Crippen molar-refractivity contribution in [2.45, 2.75) is 6.42 Å². The zero-order valence-corrected chi connectivity index (χ0v) is 9.18. The lowest BCUT2D eigenvalue weighted by atomic mass is 10.4. The van der Waals surface area contributed by atoms with E-state index < -0.39 is 0 Å². The number of nitrogens with zero attached hydrogens (tertiary/aromatic N) is 5. The van der Waals surface area contributed by atoms with Gasteiger partial charge in [0.15, 0.2) is 0 Å². The van der Waals surface area contributed by atoms with Gasteiger partial charge in [0.05, 0.1) is 44.3 Å². The number of hydrogen-bond acceptors (Lipinski definition) is 5. The Labute approximate surface area is 94.9 Å². The quantitative estimate of drug-likeness (QED) is 0.572. The molecule has 0 aliphatic heterocycles. The van der Waals surface area contributed by atoms with E-state index in [0.29, 0.717) is 6.54 Å². The molecule has 0 radical (unpaired) electrons. The van der Waals surface area contributed by atoms with Crippen molar-refractivity contribution >= 4 is 5.91 Å². The van der Waals surface area contributed by atoms with Gasteiger partial charge in [-0.25, -0.2) is 0 Å². The average Bonchev–Trinajstić information content (AvgIpc) is 2.26. The van der Waals surface area contributed by atoms with Gasteiger partial charge < -0.3 is 4.90 Å². The topological polar surface area (TPSA) is 94.9 Å². The Hall–Kier alpha value is -2.10. The van der Waals surface area contributed by atoms with Crippen LogP contribution in [0.25, 0.3) is 0 Å². The van der Waals surface area contributed by atoms with Gasteiger partial charge in [-0.3, -0.25) is 9.69 Å². The molecule has 0 unspecified atom stereocenters. The number of hydrogen-bond donors (Lipinski definition) is 0. The second kappa shape index (κ2) is 8.23. The Morgan fingerprint density at radius 1 is 1.12 bits per heavy atom. The van der Waals surface area contributed by atoms with Crippen LogP contribution in [0.15, 0.2) is 0 Å². The number of nitriles is 3. The second-order valence-corrected chi connectivity index (χ2v) is 3.18. The SMILES string of the molecule is CN(CCC#N)C(=O)CN(CC#N)CC#N. The van der Waals surface area contributed by atoms with Crippen molar-refractivity contribution in [1.82, 2.24) is 9.80 Å². The van der Waals surface area contributed by atoms with Gasteiger partial charge in [0.2, 0.25) is 5.91 Å². The van der Waals surface area contributed by atoms with Crippen molar-refractivity contribution in [3.63, 3.8) is 0 Å². The summed E-state index contributed by atoms with van der Waals surface area (Å²) < 4.78 is 0. The van der Waals surface area contributed by atoms with Gasteiger partial charge in [-0.05, 0) is 0 Å². The van der Waals surface area contributed by atoms with Crippen LogP contribution in [0.5, 0.6) is 0 Å². The van der Waals surface area contributed by atoms with Crippen LogP contribution in [0.1, 0.15) is 6.42 Å². The number of rotatable bonds is 6. The zero-order valence-electron chi connectivity index (χ0n) is 9.18. The van der Waals surface area contributed by atoms with E-state index >= 15 is 0 Å². The molecule has 0 spiro atoms. The lowest BCUT2D eigenvalue weighted by Gasteiger charge is -2.20. The molecule has 0 aliphatic rings. The van der Waals surface area contributed by atoms with Crippen LogP contribution in [0.2, 0.25) is 0 Å². The number of likely N-dealkylation sites (N-methyl/N-ethyl adjacent to an activating group) is 1. The van der Waals surface area contributed by atoms with Crippen LogP contribution in [0.4, 0.5) is 0 Å². The molecule has 16 heavy (non-hydrogen) atoms. The van der Waals surface area contributed by atoms with Gasteiger partial charge in [0.1, 0.15) is 0 Å². The van der Waals surface area contributed by atoms with Gasteiger partial charge in [-0.15, -0.1) is 0 Å². The molecule has 1 amide bonds. The average molecular weight is 219 g/mol. The van der Waals surface area contributed by atoms with Crippen LogP contribution in [0, 0.1) is 34.0 Å². The van der Waals surface area contributed by atoms with Crippen molar-refractivity contribution in [3.8, 4) is 18.2 Å². The highest BCUT2D eigenvalue weighted by Crippen LogP contribution is 1.93. The third kappa shape index (κ3) is 5.59. The van der Waals surface area contributed by atoms with Crippen molar-refractivity contribution < 1.29 is 4.79 Å². The fraction of sp³-hybridized carbons (Fsp3) is 0.600. The van der Waals surface area contributed by atoms with Gasteiger partial charge in [-0.2, -0.15) is 15.8 Å². The third-order valence-electron chi connectivity index (χ3n) is 1.93. The summed E-state index contributed by atoms with van der Waals surface area (Å²) in [6.45, 7) is 0.488. The number of carbonyl (C=O) groups is 1. The van der Waals surface area contributed by atoms with E-state index in [9.17, 15) is 4.79 Å². The Kier molecular flexibility index (Phi) is 7.15. The standard InChI is InChI=1S/C10H13N5O/c1-14(6-2-3-11)10(16)9-15(7-4-12)8-5-13/h2,6-9H2,1H3. The summed E-state index contributed by atoms with van der Waals surface area (Å²) >= 11 is 0. The van der Waals surface area contributed by atoms with E-state index in [0.717, 1.165) is 0 Å². The van der Waals surface area contributed by atoms with E-state index in [-0.39, 0.29) is 32.0 Å². The lowest BCUT2D eigenvalue weighted by molar-refractivity contribution is -0.130. The molecule has 0 aliphatic carbocycles. The maximum Gasteiger partial charge on any atom is 0.236 e. The normalized spacial score (nSPS) is 8.94. The first kappa shape index (κ1) is 13.9. The predicted molar refractivity (Wildman–Crippen MR) is 55.5 cm³/mol. The summed E-state index contributed by atoms with van der Waals surface area (Å²) in [6.07, 6.45) is 0.277. The summed E-state index contributed by atoms with van der Waals surface area (Å²) in [7, 11) is 1.59. The van der Waals surface area contributed by atoms with Crippen molar-refractivity contribution in [2.75, 3.05) is 33.2 Å². The minimum absolute atomic E-state index is 0.0308. The molecule has 0 aromatic rings. The minimum Gasteiger partial charge on any atom is -0.344 e. The van der Waals surface area contributed by atoms with Crippen LogP contribution in [-0.2, 0) is 4.79 Å². The molecule has 84 valence electrons. The highest BCUT2D eigenvalue weighted by atomic mass is 16.2. The Balaban J connectivity index is 4.14. The Morgan fingerprint density at radius 3 is 2.12 bits per heavy atom. The van der Waals surface area contributed by atoms with Gasteiger partial charge in [0.25, 0.3) is 0 Å². The van der Waals surface area contributed by atoms with Crippen LogP contribution >= 0.6 is 0 Å². The molecular weight excluding hydrogens is 206 g/mol. The molecule has 0 N–H and O–H groups in total. The van der Waals surface area contributed by atoms with Crippen molar-refractivity contribution in [2.24, 2.45) is 0 Å². The largest absolute Gasteiger partial charge is 0.344 e. The molecule has 6 heteroatoms. The summed E-state index contributed by atoms with van der Waals surface area (Å²) in [6, 6.07) is 5.73. The maximum absolute atomic E-state index is 11.6. The smallest absolute Gasteiger partial charge is 0.236 e. The summed E-state index contributed by atoms with van der Waals surface area (Å²) in [5, 5.41) is 25.3. The summed E-state index contributed by atoms with van der Waals surface area (Å²) in [5.41, 5.74) is 0. The molecule has 0 fully saturated rings. The highest BCUT2D eigenvalue weighted by Gasteiger charge is 2.13. The first-order valence-electron chi connectivity index (χ1n) is 4.72. The third-order valence-corrected chi connectivity index (χ3v) is 1.93. The summed E-state index contributed by atoms with van der Waals surface area (Å²) in [5.74, 6) is -0.194. The molecule has 0 saturated heterocycles. The van der Waals surface area contributed by atoms with E-state index in [1.807, 2.05) is 18.2 Å². The van der Waals surface area contributed by atoms with Crippen LogP contribution in [0.3, 0.4) is 0 Å². The van der Waals surface area contributed by atoms with Gasteiger partial charge >= 0.3 is 0 Å². The van der Waals surface area contributed by atoms with E-state index in [2.05, 4.69) is 0 Å². The van der Waals surface area contributed by atoms with Gasteiger partial charge in [-0.1, -0.05) is 0 Å². The first-order valence-corrected chi connectivity index (χ1v) is 4.72. The molecule has 0 rings (SSSR count). The lowest BCUT2D eigenvalue weighted by Crippen LogP contribution is -2.39. The monoisotopic (exact) mass is 219 g/mol. The predicted octanol–water partition coefficient (Wildman–Crippen LogP) is -0.292. The molecule has 6 nitrogen and oxygen atoms in total. The van der Waals surface area contributed by atoms with E-state index in [1.54, 1.807) is 7.05 Å². The minimum atomic E-state index is -0.194. The fourth-order valence-corrected chi connectivity index (χ4v) is 1.02. The zero-order chi connectivity index (χ0) is 12.4. The van der Waals surface area contributed by atoms with Crippen LogP contribution in [-0.4, -0.2) is 48.9 Å². The van der Waals surface area contributed by atoms with E-state index in [4.69, 9.17) is 15.8 Å². The molecule has 0 saturated carbocycles. The molecule has 0 aromatic carbocycles. The van der Waals surface area contributed by atoms with Crippen LogP contribution < -0.4 is 0 Å². The molecule has 0 heterocycles. The highest BCUT2D eigenvalue weighted by molar-refractivity contribution is 5.78. The second-order valence-electron chi connectivity index (χ2n) is 3.18. The Bertz CT molecular complexity index is 330. The molecule has 0 bridgehead atoms. The maximum atomic E-state index is 11.6.